The van der Waals surface area contributed by atoms with Gasteiger partial charge in [0.2, 0.25) is 5.91 Å². The lowest BCUT2D eigenvalue weighted by molar-refractivity contribution is -0.120. The van der Waals surface area contributed by atoms with Crippen LogP contribution in [-0.2, 0) is 11.3 Å². The molecule has 156 valence electrons. The number of carbonyl (C=O) groups excluding carboxylic acids is 1. The van der Waals surface area contributed by atoms with Gasteiger partial charge in [0, 0.05) is 45.5 Å². The molecular weight excluding hydrogens is 374 g/mol. The SMILES string of the molecule is CN=C(NCc1ccc(N2CCNC(=O)C2)cc1)N1CC=C(c2ccccc2)CC1. The summed E-state index contributed by atoms with van der Waals surface area (Å²) in [6, 6.07) is 19.0. The van der Waals surface area contributed by atoms with Gasteiger partial charge in [-0.15, -0.1) is 0 Å². The third kappa shape index (κ3) is 4.82. The monoisotopic (exact) mass is 403 g/mol. The quantitative estimate of drug-likeness (QED) is 0.608. The van der Waals surface area contributed by atoms with Crippen LogP contribution in [0.3, 0.4) is 0 Å². The molecule has 0 radical (unpaired) electrons. The number of piperazine rings is 1. The molecule has 6 heteroatoms. The Morgan fingerprint density at radius 2 is 1.90 bits per heavy atom. The van der Waals surface area contributed by atoms with Crippen molar-refractivity contribution in [1.29, 1.82) is 0 Å². The van der Waals surface area contributed by atoms with E-state index >= 15 is 0 Å². The maximum Gasteiger partial charge on any atom is 0.239 e. The van der Waals surface area contributed by atoms with E-state index in [0.29, 0.717) is 13.1 Å². The molecular formula is C24H29N5O. The minimum Gasteiger partial charge on any atom is -0.360 e. The van der Waals surface area contributed by atoms with E-state index in [1.807, 2.05) is 7.05 Å². The molecule has 0 atom stereocenters. The summed E-state index contributed by atoms with van der Waals surface area (Å²) in [5.74, 6) is 1.01. The number of carbonyl (C=O) groups is 1. The van der Waals surface area contributed by atoms with E-state index in [4.69, 9.17) is 0 Å². The summed E-state index contributed by atoms with van der Waals surface area (Å²) in [6.45, 7) is 4.52. The zero-order valence-electron chi connectivity index (χ0n) is 17.5. The predicted molar refractivity (Wildman–Crippen MR) is 122 cm³/mol. The number of anilines is 1. The Morgan fingerprint density at radius 1 is 1.10 bits per heavy atom. The molecule has 2 aromatic carbocycles. The lowest BCUT2D eigenvalue weighted by Crippen LogP contribution is -2.47. The second-order valence-corrected chi connectivity index (χ2v) is 7.63. The van der Waals surface area contributed by atoms with Crippen molar-refractivity contribution in [3.8, 4) is 0 Å². The summed E-state index contributed by atoms with van der Waals surface area (Å²) in [6.07, 6.45) is 3.32. The Labute approximate surface area is 178 Å². The molecule has 6 nitrogen and oxygen atoms in total. The fraction of sp³-hybridized carbons (Fsp3) is 0.333. The van der Waals surface area contributed by atoms with Gasteiger partial charge in [0.05, 0.1) is 6.54 Å². The van der Waals surface area contributed by atoms with Gasteiger partial charge in [-0.25, -0.2) is 0 Å². The van der Waals surface area contributed by atoms with Gasteiger partial charge in [-0.05, 0) is 35.3 Å². The third-order valence-corrected chi connectivity index (χ3v) is 5.66. The average Bonchev–Trinajstić information content (AvgIpc) is 2.81. The molecule has 0 spiro atoms. The Kier molecular flexibility index (Phi) is 6.32. The van der Waals surface area contributed by atoms with Gasteiger partial charge in [0.15, 0.2) is 5.96 Å². The summed E-state index contributed by atoms with van der Waals surface area (Å²) in [7, 11) is 1.84. The first kappa shape index (κ1) is 20.0. The minimum absolute atomic E-state index is 0.0850. The summed E-state index contributed by atoms with van der Waals surface area (Å²) in [5.41, 5.74) is 5.00. The fourth-order valence-corrected chi connectivity index (χ4v) is 3.97. The molecule has 0 unspecified atom stereocenters. The fourth-order valence-electron chi connectivity index (χ4n) is 3.97. The van der Waals surface area contributed by atoms with Gasteiger partial charge in [-0.2, -0.15) is 0 Å². The van der Waals surface area contributed by atoms with Gasteiger partial charge < -0.3 is 20.4 Å². The number of amides is 1. The molecule has 4 rings (SSSR count). The highest BCUT2D eigenvalue weighted by Gasteiger charge is 2.17. The van der Waals surface area contributed by atoms with Gasteiger partial charge >= 0.3 is 0 Å². The number of hydrogen-bond acceptors (Lipinski definition) is 3. The molecule has 1 fully saturated rings. The summed E-state index contributed by atoms with van der Waals surface area (Å²) in [5, 5.41) is 6.35. The van der Waals surface area contributed by atoms with Crippen LogP contribution in [0.2, 0.25) is 0 Å². The van der Waals surface area contributed by atoms with Crippen molar-refractivity contribution < 1.29 is 4.79 Å². The van der Waals surface area contributed by atoms with Crippen LogP contribution in [0.5, 0.6) is 0 Å². The Bertz CT molecular complexity index is 920. The first-order chi connectivity index (χ1) is 14.7. The number of guanidine groups is 1. The van der Waals surface area contributed by atoms with Crippen molar-refractivity contribution in [2.45, 2.75) is 13.0 Å². The molecule has 0 aromatic heterocycles. The first-order valence-corrected chi connectivity index (χ1v) is 10.5. The number of hydrogen-bond donors (Lipinski definition) is 2. The minimum atomic E-state index is 0.0850. The van der Waals surface area contributed by atoms with Crippen LogP contribution in [0.1, 0.15) is 17.5 Å². The van der Waals surface area contributed by atoms with Crippen molar-refractivity contribution in [2.75, 3.05) is 44.7 Å². The molecule has 0 bridgehead atoms. The molecule has 1 saturated heterocycles. The van der Waals surface area contributed by atoms with E-state index < -0.39 is 0 Å². The number of nitrogens with one attached hydrogen (secondary N) is 2. The van der Waals surface area contributed by atoms with Crippen LogP contribution in [0, 0.1) is 0 Å². The third-order valence-electron chi connectivity index (χ3n) is 5.66. The largest absolute Gasteiger partial charge is 0.360 e. The van der Waals surface area contributed by atoms with E-state index in [2.05, 4.69) is 86.1 Å². The van der Waals surface area contributed by atoms with Crippen LogP contribution >= 0.6 is 0 Å². The zero-order valence-corrected chi connectivity index (χ0v) is 17.5. The van der Waals surface area contributed by atoms with Crippen molar-refractivity contribution >= 4 is 23.1 Å². The van der Waals surface area contributed by atoms with E-state index in [0.717, 1.165) is 44.2 Å². The van der Waals surface area contributed by atoms with Crippen molar-refractivity contribution in [1.82, 2.24) is 15.5 Å². The van der Waals surface area contributed by atoms with Gasteiger partial charge in [-0.3, -0.25) is 9.79 Å². The molecule has 2 aliphatic rings. The molecule has 1 amide bonds. The number of rotatable bonds is 4. The zero-order chi connectivity index (χ0) is 20.8. The molecule has 0 aliphatic carbocycles. The maximum absolute atomic E-state index is 11.6. The lowest BCUT2D eigenvalue weighted by Gasteiger charge is -2.30. The summed E-state index contributed by atoms with van der Waals surface area (Å²) < 4.78 is 0. The maximum atomic E-state index is 11.6. The molecule has 30 heavy (non-hydrogen) atoms. The summed E-state index contributed by atoms with van der Waals surface area (Å²) in [4.78, 5) is 20.5. The average molecular weight is 404 g/mol. The van der Waals surface area contributed by atoms with Crippen LogP contribution in [0.25, 0.3) is 5.57 Å². The Balaban J connectivity index is 1.32. The highest BCUT2D eigenvalue weighted by atomic mass is 16.2. The van der Waals surface area contributed by atoms with E-state index in [1.165, 1.54) is 16.7 Å². The molecule has 2 heterocycles. The van der Waals surface area contributed by atoms with Crippen molar-refractivity contribution in [2.24, 2.45) is 4.99 Å². The van der Waals surface area contributed by atoms with Crippen LogP contribution < -0.4 is 15.5 Å². The molecule has 2 aromatic rings. The van der Waals surface area contributed by atoms with E-state index in [9.17, 15) is 4.79 Å². The van der Waals surface area contributed by atoms with Gasteiger partial charge in [-0.1, -0.05) is 48.5 Å². The number of aliphatic imine (C=N–C) groups is 1. The van der Waals surface area contributed by atoms with E-state index in [-0.39, 0.29) is 5.91 Å². The van der Waals surface area contributed by atoms with Gasteiger partial charge in [0.25, 0.3) is 0 Å². The Hall–Kier alpha value is -3.28. The second kappa shape index (κ2) is 9.48. The normalized spacial score (nSPS) is 17.4. The predicted octanol–water partition coefficient (Wildman–Crippen LogP) is 2.49. The lowest BCUT2D eigenvalue weighted by atomic mass is 10.00. The van der Waals surface area contributed by atoms with Crippen LogP contribution in [0.4, 0.5) is 5.69 Å². The summed E-state index contributed by atoms with van der Waals surface area (Å²) >= 11 is 0. The van der Waals surface area contributed by atoms with Crippen LogP contribution in [-0.4, -0.2) is 56.5 Å². The standard InChI is InChI=1S/C24H29N5O/c1-25-24(28-14-11-21(12-15-28)20-5-3-2-4-6-20)27-17-19-7-9-22(10-8-19)29-16-13-26-23(30)18-29/h2-11H,12-18H2,1H3,(H,25,27)(H,26,30). The molecule has 2 N–H and O–H groups in total. The first-order valence-electron chi connectivity index (χ1n) is 10.5. The topological polar surface area (TPSA) is 60.0 Å². The smallest absolute Gasteiger partial charge is 0.239 e. The Morgan fingerprint density at radius 3 is 2.57 bits per heavy atom. The van der Waals surface area contributed by atoms with Gasteiger partial charge in [0.1, 0.15) is 0 Å². The van der Waals surface area contributed by atoms with E-state index in [1.54, 1.807) is 0 Å². The highest BCUT2D eigenvalue weighted by Crippen LogP contribution is 2.22. The molecule has 2 aliphatic heterocycles. The molecule has 0 saturated carbocycles. The number of benzene rings is 2. The van der Waals surface area contributed by atoms with Crippen molar-refractivity contribution in [3.63, 3.8) is 0 Å². The van der Waals surface area contributed by atoms with Crippen molar-refractivity contribution in [3.05, 3.63) is 71.8 Å². The second-order valence-electron chi connectivity index (χ2n) is 7.63. The van der Waals surface area contributed by atoms with Crippen LogP contribution in [0.15, 0.2) is 65.7 Å². The number of nitrogens with zero attached hydrogens (tertiary/aromatic N) is 3. The highest BCUT2D eigenvalue weighted by molar-refractivity contribution is 5.83.